The molecule has 0 bridgehead atoms. The first kappa shape index (κ1) is 6.99. The third kappa shape index (κ3) is 1.43. The van der Waals surface area contributed by atoms with E-state index >= 15 is 0 Å². The first-order valence-electron chi connectivity index (χ1n) is 3.27. The fourth-order valence-corrected chi connectivity index (χ4v) is 0.675. The summed E-state index contributed by atoms with van der Waals surface area (Å²) in [6, 6.07) is 0. The number of nitrogens with two attached hydrogens (primary N) is 1. The maximum absolute atomic E-state index is 5.42. The van der Waals surface area contributed by atoms with Gasteiger partial charge in [0.1, 0.15) is 5.82 Å². The molecule has 0 radical (unpaired) electrons. The number of nitrogens with zero attached hydrogens (tertiary/aromatic N) is 2. The van der Waals surface area contributed by atoms with Gasteiger partial charge in [-0.25, -0.2) is 4.98 Å². The normalized spacial score (nSPS) is 10.3. The number of hydrogen-bond donors (Lipinski definition) is 1. The smallest absolute Gasteiger partial charge is 0.142 e. The lowest BCUT2D eigenvalue weighted by molar-refractivity contribution is 0.814. The first-order valence-corrected chi connectivity index (χ1v) is 3.27. The molecule has 3 heteroatoms. The zero-order valence-electron chi connectivity index (χ0n) is 6.20. The van der Waals surface area contributed by atoms with Gasteiger partial charge < -0.3 is 5.73 Å². The van der Waals surface area contributed by atoms with E-state index in [0.717, 1.165) is 5.69 Å². The topological polar surface area (TPSA) is 51.8 Å². The maximum Gasteiger partial charge on any atom is 0.142 e. The van der Waals surface area contributed by atoms with E-state index in [1.807, 2.05) is 0 Å². The van der Waals surface area contributed by atoms with E-state index in [0.29, 0.717) is 11.7 Å². The van der Waals surface area contributed by atoms with Crippen LogP contribution in [0.2, 0.25) is 0 Å². The molecule has 1 heterocycles. The monoisotopic (exact) mass is 137 g/mol. The van der Waals surface area contributed by atoms with Crippen LogP contribution in [0.1, 0.15) is 25.5 Å². The van der Waals surface area contributed by atoms with Gasteiger partial charge in [-0.05, 0) is 5.92 Å². The Morgan fingerprint density at radius 3 is 2.50 bits per heavy atom. The minimum atomic E-state index is 0.399. The summed E-state index contributed by atoms with van der Waals surface area (Å²) in [5.41, 5.74) is 6.37. The van der Waals surface area contributed by atoms with E-state index in [1.165, 1.54) is 0 Å². The molecule has 0 amide bonds. The van der Waals surface area contributed by atoms with Crippen LogP contribution in [0.15, 0.2) is 12.4 Å². The molecule has 1 rings (SSSR count). The van der Waals surface area contributed by atoms with Crippen molar-refractivity contribution < 1.29 is 0 Å². The zero-order chi connectivity index (χ0) is 7.56. The Balaban J connectivity index is 2.96. The summed E-state index contributed by atoms with van der Waals surface area (Å²) >= 11 is 0. The van der Waals surface area contributed by atoms with Crippen molar-refractivity contribution in [3.63, 3.8) is 0 Å². The van der Waals surface area contributed by atoms with Crippen molar-refractivity contribution >= 4 is 5.82 Å². The van der Waals surface area contributed by atoms with Crippen LogP contribution >= 0.6 is 0 Å². The van der Waals surface area contributed by atoms with Gasteiger partial charge in [-0.1, -0.05) is 13.8 Å². The minimum absolute atomic E-state index is 0.399. The second kappa shape index (κ2) is 2.64. The number of rotatable bonds is 1. The molecule has 0 aliphatic carbocycles. The molecular weight excluding hydrogens is 126 g/mol. The lowest BCUT2D eigenvalue weighted by Gasteiger charge is -2.02. The van der Waals surface area contributed by atoms with Crippen molar-refractivity contribution in [2.45, 2.75) is 19.8 Å². The van der Waals surface area contributed by atoms with Crippen molar-refractivity contribution in [3.05, 3.63) is 18.1 Å². The minimum Gasteiger partial charge on any atom is -0.382 e. The molecule has 0 aliphatic rings. The van der Waals surface area contributed by atoms with Crippen LogP contribution in [0.5, 0.6) is 0 Å². The second-order valence-corrected chi connectivity index (χ2v) is 2.52. The second-order valence-electron chi connectivity index (χ2n) is 2.52. The summed E-state index contributed by atoms with van der Waals surface area (Å²) in [5.74, 6) is 0.891. The average molecular weight is 137 g/mol. The summed E-state index contributed by atoms with van der Waals surface area (Å²) < 4.78 is 0. The Kier molecular flexibility index (Phi) is 1.85. The molecule has 0 saturated heterocycles. The quantitative estimate of drug-likeness (QED) is 0.632. The van der Waals surface area contributed by atoms with Crippen LogP contribution in [0.3, 0.4) is 0 Å². The van der Waals surface area contributed by atoms with E-state index in [-0.39, 0.29) is 0 Å². The predicted octanol–water partition coefficient (Wildman–Crippen LogP) is 1.18. The number of nitrogen functional groups attached to an aromatic ring is 1. The lowest BCUT2D eigenvalue weighted by Crippen LogP contribution is -1.97. The highest BCUT2D eigenvalue weighted by molar-refractivity contribution is 5.24. The van der Waals surface area contributed by atoms with Crippen LogP contribution in [0.4, 0.5) is 5.82 Å². The fraction of sp³-hybridized carbons (Fsp3) is 0.429. The maximum atomic E-state index is 5.42. The molecule has 1 aromatic heterocycles. The Morgan fingerprint density at radius 2 is 2.10 bits per heavy atom. The van der Waals surface area contributed by atoms with Crippen LogP contribution in [-0.4, -0.2) is 9.97 Å². The van der Waals surface area contributed by atoms with Crippen LogP contribution in [0.25, 0.3) is 0 Å². The summed E-state index contributed by atoms with van der Waals surface area (Å²) in [6.45, 7) is 4.12. The molecule has 3 nitrogen and oxygen atoms in total. The largest absolute Gasteiger partial charge is 0.382 e. The highest BCUT2D eigenvalue weighted by atomic mass is 14.9. The molecule has 1 aromatic rings. The van der Waals surface area contributed by atoms with Gasteiger partial charge in [0.15, 0.2) is 0 Å². The summed E-state index contributed by atoms with van der Waals surface area (Å²) in [5, 5.41) is 0. The predicted molar refractivity (Wildman–Crippen MR) is 40.5 cm³/mol. The summed E-state index contributed by atoms with van der Waals surface area (Å²) in [7, 11) is 0. The summed E-state index contributed by atoms with van der Waals surface area (Å²) in [6.07, 6.45) is 3.28. The van der Waals surface area contributed by atoms with Gasteiger partial charge in [0.05, 0.1) is 11.9 Å². The van der Waals surface area contributed by atoms with E-state index in [4.69, 9.17) is 5.73 Å². The van der Waals surface area contributed by atoms with Crippen LogP contribution in [-0.2, 0) is 0 Å². The standard InChI is InChI=1S/C7H11N3/c1-5(2)6-3-9-4-7(8)10-6/h3-5H,1-2H3,(H2,8,10). The average Bonchev–Trinajstić information content (AvgIpc) is 1.88. The van der Waals surface area contributed by atoms with Crippen molar-refractivity contribution in [3.8, 4) is 0 Å². The highest BCUT2D eigenvalue weighted by Gasteiger charge is 1.99. The Morgan fingerprint density at radius 1 is 1.40 bits per heavy atom. The zero-order valence-corrected chi connectivity index (χ0v) is 6.20. The molecule has 0 atom stereocenters. The third-order valence-corrected chi connectivity index (χ3v) is 1.26. The Bertz CT molecular complexity index is 220. The van der Waals surface area contributed by atoms with Crippen molar-refractivity contribution in [2.24, 2.45) is 0 Å². The van der Waals surface area contributed by atoms with Gasteiger partial charge in [-0.2, -0.15) is 0 Å². The molecular formula is C7H11N3. The van der Waals surface area contributed by atoms with Gasteiger partial charge in [0.2, 0.25) is 0 Å². The van der Waals surface area contributed by atoms with E-state index in [2.05, 4.69) is 23.8 Å². The van der Waals surface area contributed by atoms with Crippen LogP contribution < -0.4 is 5.73 Å². The Hall–Kier alpha value is -1.12. The molecule has 2 N–H and O–H groups in total. The molecule has 0 aromatic carbocycles. The molecule has 54 valence electrons. The van der Waals surface area contributed by atoms with E-state index in [1.54, 1.807) is 12.4 Å². The van der Waals surface area contributed by atoms with Crippen molar-refractivity contribution in [2.75, 3.05) is 5.73 Å². The molecule has 10 heavy (non-hydrogen) atoms. The SMILES string of the molecule is CC(C)c1cncc(N)n1. The third-order valence-electron chi connectivity index (χ3n) is 1.26. The fourth-order valence-electron chi connectivity index (χ4n) is 0.675. The first-order chi connectivity index (χ1) is 4.70. The molecule has 0 aliphatic heterocycles. The van der Waals surface area contributed by atoms with Crippen molar-refractivity contribution in [1.82, 2.24) is 9.97 Å². The Labute approximate surface area is 60.3 Å². The van der Waals surface area contributed by atoms with Gasteiger partial charge in [-0.15, -0.1) is 0 Å². The summed E-state index contributed by atoms with van der Waals surface area (Å²) in [4.78, 5) is 8.01. The van der Waals surface area contributed by atoms with Crippen molar-refractivity contribution in [1.29, 1.82) is 0 Å². The number of hydrogen-bond acceptors (Lipinski definition) is 3. The van der Waals surface area contributed by atoms with E-state index in [9.17, 15) is 0 Å². The molecule has 0 spiro atoms. The number of aromatic nitrogens is 2. The number of anilines is 1. The van der Waals surface area contributed by atoms with Gasteiger partial charge in [0.25, 0.3) is 0 Å². The van der Waals surface area contributed by atoms with Crippen LogP contribution in [0, 0.1) is 0 Å². The molecule has 0 saturated carbocycles. The van der Waals surface area contributed by atoms with E-state index < -0.39 is 0 Å². The van der Waals surface area contributed by atoms with Gasteiger partial charge in [-0.3, -0.25) is 4.98 Å². The molecule has 0 fully saturated rings. The lowest BCUT2D eigenvalue weighted by atomic mass is 10.1. The van der Waals surface area contributed by atoms with Gasteiger partial charge in [0, 0.05) is 6.20 Å². The van der Waals surface area contributed by atoms with Gasteiger partial charge >= 0.3 is 0 Å². The highest BCUT2D eigenvalue weighted by Crippen LogP contribution is 2.09. The molecule has 0 unspecified atom stereocenters.